The van der Waals surface area contributed by atoms with Gasteiger partial charge in [-0.1, -0.05) is 46.3 Å². The number of aliphatic hydroxyl groups is 1. The standard InChI is InChI=1S/C25H20BrNO4/c1-15-14-19(31-2)12-13-20(15)23(28)21-22(16-6-4-3-5-7-16)27(25(30)24(21)29)18-10-8-17(26)9-11-18/h3-14,22,28H,1-2H3/b23-21-. The van der Waals surface area contributed by atoms with Crippen LogP contribution in [0.3, 0.4) is 0 Å². The SMILES string of the molecule is COc1ccc(/C(O)=C2/C(=O)C(=O)N(c3ccc(Br)cc3)C2c2ccccc2)c(C)c1. The Kier molecular flexibility index (Phi) is 5.65. The summed E-state index contributed by atoms with van der Waals surface area (Å²) in [6.07, 6.45) is 0. The van der Waals surface area contributed by atoms with Gasteiger partial charge in [-0.25, -0.2) is 0 Å². The van der Waals surface area contributed by atoms with Gasteiger partial charge in [-0.2, -0.15) is 0 Å². The van der Waals surface area contributed by atoms with E-state index >= 15 is 0 Å². The molecule has 1 atom stereocenters. The molecule has 156 valence electrons. The fourth-order valence-electron chi connectivity index (χ4n) is 3.83. The third-order valence-corrected chi connectivity index (χ3v) is 5.88. The molecule has 1 saturated heterocycles. The highest BCUT2D eigenvalue weighted by Gasteiger charge is 2.47. The Bertz CT molecular complexity index is 1190. The summed E-state index contributed by atoms with van der Waals surface area (Å²) in [7, 11) is 1.56. The molecule has 5 nitrogen and oxygen atoms in total. The minimum atomic E-state index is -0.746. The summed E-state index contributed by atoms with van der Waals surface area (Å²) in [5, 5.41) is 11.2. The van der Waals surface area contributed by atoms with Crippen molar-refractivity contribution in [3.05, 3.63) is 99.5 Å². The van der Waals surface area contributed by atoms with Crippen LogP contribution in [0.1, 0.15) is 22.7 Å². The number of nitrogens with zero attached hydrogens (tertiary/aromatic N) is 1. The molecular formula is C25H20BrNO4. The van der Waals surface area contributed by atoms with Crippen molar-refractivity contribution < 1.29 is 19.4 Å². The Balaban J connectivity index is 1.93. The summed E-state index contributed by atoms with van der Waals surface area (Å²) in [5.41, 5.74) is 2.59. The van der Waals surface area contributed by atoms with Gasteiger partial charge in [-0.3, -0.25) is 14.5 Å². The normalized spacial score (nSPS) is 17.8. The predicted octanol–water partition coefficient (Wildman–Crippen LogP) is 5.39. The zero-order valence-electron chi connectivity index (χ0n) is 17.0. The van der Waals surface area contributed by atoms with E-state index in [9.17, 15) is 14.7 Å². The summed E-state index contributed by atoms with van der Waals surface area (Å²) < 4.78 is 6.10. The molecule has 4 rings (SSSR count). The first kappa shape index (κ1) is 20.9. The average Bonchev–Trinajstić information content (AvgIpc) is 3.05. The molecule has 6 heteroatoms. The molecule has 1 aliphatic rings. The van der Waals surface area contributed by atoms with Crippen LogP contribution >= 0.6 is 15.9 Å². The van der Waals surface area contributed by atoms with Gasteiger partial charge >= 0.3 is 0 Å². The third kappa shape index (κ3) is 3.75. The first-order chi connectivity index (χ1) is 14.9. The highest BCUT2D eigenvalue weighted by atomic mass is 79.9. The number of rotatable bonds is 4. The van der Waals surface area contributed by atoms with E-state index in [0.29, 0.717) is 17.0 Å². The van der Waals surface area contributed by atoms with Crippen LogP contribution in [0.5, 0.6) is 5.75 Å². The van der Waals surface area contributed by atoms with Gasteiger partial charge in [0.15, 0.2) is 0 Å². The summed E-state index contributed by atoms with van der Waals surface area (Å²) in [4.78, 5) is 27.7. The number of methoxy groups -OCH3 is 1. The predicted molar refractivity (Wildman–Crippen MR) is 123 cm³/mol. The van der Waals surface area contributed by atoms with Crippen molar-refractivity contribution >= 4 is 39.1 Å². The van der Waals surface area contributed by atoms with E-state index < -0.39 is 17.7 Å². The van der Waals surface area contributed by atoms with E-state index in [1.165, 1.54) is 4.90 Å². The monoisotopic (exact) mass is 477 g/mol. The Hall–Kier alpha value is -3.38. The van der Waals surface area contributed by atoms with Gasteiger partial charge in [0.2, 0.25) is 0 Å². The van der Waals surface area contributed by atoms with Crippen LogP contribution in [0.4, 0.5) is 5.69 Å². The number of carbonyl (C=O) groups excluding carboxylic acids is 2. The number of halogens is 1. The fourth-order valence-corrected chi connectivity index (χ4v) is 4.09. The minimum Gasteiger partial charge on any atom is -0.507 e. The Labute approximate surface area is 188 Å². The van der Waals surface area contributed by atoms with Crippen molar-refractivity contribution in [3.63, 3.8) is 0 Å². The second-order valence-corrected chi connectivity index (χ2v) is 8.15. The summed E-state index contributed by atoms with van der Waals surface area (Å²) >= 11 is 3.40. The van der Waals surface area contributed by atoms with Crippen LogP contribution in [0, 0.1) is 6.92 Å². The van der Waals surface area contributed by atoms with Crippen LogP contribution < -0.4 is 9.64 Å². The number of ketones is 1. The second kappa shape index (κ2) is 8.40. The minimum absolute atomic E-state index is 0.0624. The average molecular weight is 478 g/mol. The largest absolute Gasteiger partial charge is 0.507 e. The van der Waals surface area contributed by atoms with E-state index in [2.05, 4.69) is 15.9 Å². The van der Waals surface area contributed by atoms with Gasteiger partial charge < -0.3 is 9.84 Å². The first-order valence-corrected chi connectivity index (χ1v) is 10.5. The maximum Gasteiger partial charge on any atom is 0.300 e. The van der Waals surface area contributed by atoms with Crippen molar-refractivity contribution in [2.45, 2.75) is 13.0 Å². The fraction of sp³-hybridized carbons (Fsp3) is 0.120. The molecule has 0 radical (unpaired) electrons. The van der Waals surface area contributed by atoms with Crippen LogP contribution in [0.2, 0.25) is 0 Å². The topological polar surface area (TPSA) is 66.8 Å². The van der Waals surface area contributed by atoms with Gasteiger partial charge in [-0.15, -0.1) is 0 Å². The van der Waals surface area contributed by atoms with Crippen molar-refractivity contribution in [2.24, 2.45) is 0 Å². The number of amides is 1. The van der Waals surface area contributed by atoms with Crippen molar-refractivity contribution in [1.29, 1.82) is 0 Å². The third-order valence-electron chi connectivity index (χ3n) is 5.35. The van der Waals surface area contributed by atoms with E-state index in [1.807, 2.05) is 49.4 Å². The lowest BCUT2D eigenvalue weighted by molar-refractivity contribution is -0.132. The lowest BCUT2D eigenvalue weighted by Crippen LogP contribution is -2.29. The number of anilines is 1. The molecular weight excluding hydrogens is 458 g/mol. The zero-order valence-corrected chi connectivity index (χ0v) is 18.6. The number of hydrogen-bond acceptors (Lipinski definition) is 4. The van der Waals surface area contributed by atoms with Crippen LogP contribution in [-0.4, -0.2) is 23.9 Å². The molecule has 3 aromatic carbocycles. The number of ether oxygens (including phenoxy) is 1. The maximum atomic E-state index is 13.1. The molecule has 1 amide bonds. The highest BCUT2D eigenvalue weighted by Crippen LogP contribution is 2.42. The lowest BCUT2D eigenvalue weighted by Gasteiger charge is -2.25. The summed E-state index contributed by atoms with van der Waals surface area (Å²) in [6, 6.07) is 20.8. The first-order valence-electron chi connectivity index (χ1n) is 9.69. The molecule has 31 heavy (non-hydrogen) atoms. The molecule has 0 bridgehead atoms. The number of aryl methyl sites for hydroxylation is 1. The number of Topliss-reactive ketones (excluding diaryl/α,β-unsaturated/α-hetero) is 1. The number of hydrogen-bond donors (Lipinski definition) is 1. The van der Waals surface area contributed by atoms with Gasteiger partial charge in [0, 0.05) is 15.7 Å². The number of carbonyl (C=O) groups is 2. The van der Waals surface area contributed by atoms with Gasteiger partial charge in [0.05, 0.1) is 18.7 Å². The molecule has 0 aromatic heterocycles. The van der Waals surface area contributed by atoms with E-state index in [-0.39, 0.29) is 11.3 Å². The van der Waals surface area contributed by atoms with Gasteiger partial charge in [0.1, 0.15) is 11.5 Å². The quantitative estimate of drug-likeness (QED) is 0.310. The molecule has 1 aliphatic heterocycles. The smallest absolute Gasteiger partial charge is 0.300 e. The van der Waals surface area contributed by atoms with E-state index in [1.54, 1.807) is 37.4 Å². The molecule has 0 saturated carbocycles. The van der Waals surface area contributed by atoms with Crippen molar-refractivity contribution in [2.75, 3.05) is 12.0 Å². The zero-order chi connectivity index (χ0) is 22.1. The van der Waals surface area contributed by atoms with Crippen molar-refractivity contribution in [3.8, 4) is 5.75 Å². The lowest BCUT2D eigenvalue weighted by atomic mass is 9.94. The maximum absolute atomic E-state index is 13.1. The van der Waals surface area contributed by atoms with Gasteiger partial charge in [0.25, 0.3) is 11.7 Å². The highest BCUT2D eigenvalue weighted by molar-refractivity contribution is 9.10. The van der Waals surface area contributed by atoms with Crippen LogP contribution in [0.15, 0.2) is 82.8 Å². The second-order valence-electron chi connectivity index (χ2n) is 7.24. The number of aliphatic hydroxyl groups excluding tert-OH is 1. The van der Waals surface area contributed by atoms with E-state index in [0.717, 1.165) is 15.6 Å². The van der Waals surface area contributed by atoms with Crippen molar-refractivity contribution in [1.82, 2.24) is 0 Å². The summed E-state index contributed by atoms with van der Waals surface area (Å²) in [5.74, 6) is -0.954. The Morgan fingerprint density at radius 2 is 1.68 bits per heavy atom. The van der Waals surface area contributed by atoms with Crippen LogP contribution in [0.25, 0.3) is 5.76 Å². The van der Waals surface area contributed by atoms with E-state index in [4.69, 9.17) is 4.74 Å². The van der Waals surface area contributed by atoms with Crippen LogP contribution in [-0.2, 0) is 9.59 Å². The molecule has 3 aromatic rings. The molecule has 1 N–H and O–H groups in total. The number of benzene rings is 3. The molecule has 0 aliphatic carbocycles. The summed E-state index contributed by atoms with van der Waals surface area (Å²) in [6.45, 7) is 1.82. The Morgan fingerprint density at radius 1 is 1.00 bits per heavy atom. The van der Waals surface area contributed by atoms with Gasteiger partial charge in [-0.05, 0) is 60.5 Å². The Morgan fingerprint density at radius 3 is 2.29 bits per heavy atom. The molecule has 0 spiro atoms. The molecule has 1 unspecified atom stereocenters. The molecule has 1 heterocycles. The molecule has 1 fully saturated rings.